The first kappa shape index (κ1) is 52.2. The maximum absolute atomic E-state index is 12.6. The van der Waals surface area contributed by atoms with Crippen molar-refractivity contribution in [3.63, 3.8) is 0 Å². The molecule has 2 unspecified atom stereocenters. The van der Waals surface area contributed by atoms with Crippen LogP contribution in [0.3, 0.4) is 0 Å². The minimum atomic E-state index is -4.54. The Labute approximate surface area is 332 Å². The van der Waals surface area contributed by atoms with E-state index in [1.807, 2.05) is 33.3 Å². The fourth-order valence-electron chi connectivity index (χ4n) is 5.49. The van der Waals surface area contributed by atoms with Crippen LogP contribution in [0, 0.1) is 0 Å². The van der Waals surface area contributed by atoms with Crippen molar-refractivity contribution in [3.05, 3.63) is 60.8 Å². The third-order valence-corrected chi connectivity index (χ3v) is 9.78. The van der Waals surface area contributed by atoms with E-state index >= 15 is 0 Å². The first-order valence-corrected chi connectivity index (χ1v) is 23.0. The molecule has 0 aromatic carbocycles. The van der Waals surface area contributed by atoms with Crippen molar-refractivity contribution >= 4 is 13.8 Å². The van der Waals surface area contributed by atoms with E-state index in [-0.39, 0.29) is 26.2 Å². The summed E-state index contributed by atoms with van der Waals surface area (Å²) in [5.74, 6) is -0.416. The van der Waals surface area contributed by atoms with Gasteiger partial charge in [0, 0.05) is 13.0 Å². The van der Waals surface area contributed by atoms with Gasteiger partial charge in [-0.1, -0.05) is 152 Å². The van der Waals surface area contributed by atoms with Crippen molar-refractivity contribution in [3.8, 4) is 0 Å². The van der Waals surface area contributed by atoms with Crippen molar-refractivity contribution in [2.24, 2.45) is 0 Å². The fourth-order valence-corrected chi connectivity index (χ4v) is 6.22. The number of carbonyl (C=O) groups excluding carboxylic acids is 1. The van der Waals surface area contributed by atoms with Gasteiger partial charge in [0.05, 0.1) is 34.4 Å². The van der Waals surface area contributed by atoms with Gasteiger partial charge < -0.3 is 27.9 Å². The van der Waals surface area contributed by atoms with Gasteiger partial charge in [0.25, 0.3) is 7.82 Å². The lowest BCUT2D eigenvalue weighted by Gasteiger charge is -2.28. The summed E-state index contributed by atoms with van der Waals surface area (Å²) in [5.41, 5.74) is 0. The zero-order chi connectivity index (χ0) is 39.9. The highest BCUT2D eigenvalue weighted by molar-refractivity contribution is 7.45. The Balaban J connectivity index is 4.30. The molecule has 0 aliphatic rings. The summed E-state index contributed by atoms with van der Waals surface area (Å²) < 4.78 is 34.4. The molecular formula is C45H82NO7P. The van der Waals surface area contributed by atoms with Gasteiger partial charge in [-0.05, 0) is 64.2 Å². The van der Waals surface area contributed by atoms with E-state index in [1.54, 1.807) is 0 Å². The number of unbranched alkanes of at least 4 members (excludes halogenated alkanes) is 15. The number of likely N-dealkylation sites (N-methyl/N-ethyl adjacent to an activating group) is 1. The molecule has 0 fully saturated rings. The van der Waals surface area contributed by atoms with E-state index in [0.717, 1.165) is 38.5 Å². The number of phosphoric ester groups is 1. The molecule has 314 valence electrons. The number of carbonyl (C=O) groups is 1. The van der Waals surface area contributed by atoms with Crippen molar-refractivity contribution in [1.82, 2.24) is 0 Å². The first-order chi connectivity index (χ1) is 26.1. The number of hydrogen-bond donors (Lipinski definition) is 0. The second kappa shape index (κ2) is 38.1. The third-order valence-electron chi connectivity index (χ3n) is 8.82. The standard InChI is InChI=1S/C45H82NO7P/c1-6-8-10-12-14-16-18-20-21-22-23-24-25-27-29-31-33-35-37-40-50-42-44(43-52-54(48,49)51-41-39-46(3,4)5)53-45(47)38-36-34-32-30-28-26-19-17-15-13-11-9-7-2/h9,11,15,17,21-22,26,28,32,34,44H,6-8,10,12-14,16,18-20,23-25,27,29-31,33,35-43H2,1-5H3/b11-9-,17-15-,22-21-,28-26-,34-32-. The maximum atomic E-state index is 12.6. The molecule has 9 heteroatoms. The zero-order valence-corrected chi connectivity index (χ0v) is 36.3. The lowest BCUT2D eigenvalue weighted by molar-refractivity contribution is -0.870. The molecule has 0 N–H and O–H groups in total. The Morgan fingerprint density at radius 1 is 0.593 bits per heavy atom. The van der Waals surface area contributed by atoms with Gasteiger partial charge in [-0.25, -0.2) is 0 Å². The second-order valence-corrected chi connectivity index (χ2v) is 16.7. The van der Waals surface area contributed by atoms with Crippen molar-refractivity contribution in [1.29, 1.82) is 0 Å². The molecule has 0 aliphatic heterocycles. The molecule has 0 aromatic rings. The van der Waals surface area contributed by atoms with E-state index in [4.69, 9.17) is 18.5 Å². The number of nitrogens with zero attached hydrogens (tertiary/aromatic N) is 1. The molecule has 0 radical (unpaired) electrons. The van der Waals surface area contributed by atoms with Crippen LogP contribution in [-0.2, 0) is 27.9 Å². The van der Waals surface area contributed by atoms with Crippen LogP contribution in [0.15, 0.2) is 60.8 Å². The van der Waals surface area contributed by atoms with Crippen LogP contribution >= 0.6 is 7.82 Å². The van der Waals surface area contributed by atoms with E-state index in [2.05, 4.69) is 62.5 Å². The van der Waals surface area contributed by atoms with Crippen molar-refractivity contribution < 1.29 is 37.3 Å². The quantitative estimate of drug-likeness (QED) is 0.0202. The highest BCUT2D eigenvalue weighted by atomic mass is 31.2. The SMILES string of the molecule is CC/C=C\C/C=C\C/C=C\C/C=C\CCC(=O)OC(COCCCCCCCCCC/C=C\CCCCCCCCC)COP(=O)([O-])OCC[N+](C)(C)C. The molecule has 0 aromatic heterocycles. The third kappa shape index (κ3) is 41.4. The molecule has 0 bridgehead atoms. The summed E-state index contributed by atoms with van der Waals surface area (Å²) in [6.07, 6.45) is 46.9. The molecule has 0 heterocycles. The van der Waals surface area contributed by atoms with E-state index in [0.29, 0.717) is 24.1 Å². The lowest BCUT2D eigenvalue weighted by atomic mass is 10.1. The Kier molecular flexibility index (Phi) is 36.8. The predicted octanol–water partition coefficient (Wildman–Crippen LogP) is 11.9. The topological polar surface area (TPSA) is 94.1 Å². The van der Waals surface area contributed by atoms with Crippen LogP contribution in [0.5, 0.6) is 0 Å². The fraction of sp³-hybridized carbons (Fsp3) is 0.756. The summed E-state index contributed by atoms with van der Waals surface area (Å²) in [5, 5.41) is 0. The number of rotatable bonds is 39. The highest BCUT2D eigenvalue weighted by Crippen LogP contribution is 2.38. The Morgan fingerprint density at radius 3 is 1.61 bits per heavy atom. The van der Waals surface area contributed by atoms with Gasteiger partial charge in [-0.15, -0.1) is 0 Å². The predicted molar refractivity (Wildman–Crippen MR) is 226 cm³/mol. The highest BCUT2D eigenvalue weighted by Gasteiger charge is 2.20. The van der Waals surface area contributed by atoms with Gasteiger partial charge in [-0.3, -0.25) is 9.36 Å². The Morgan fingerprint density at radius 2 is 1.07 bits per heavy atom. The molecule has 54 heavy (non-hydrogen) atoms. The van der Waals surface area contributed by atoms with E-state index in [9.17, 15) is 14.3 Å². The van der Waals surface area contributed by atoms with Gasteiger partial charge in [-0.2, -0.15) is 0 Å². The van der Waals surface area contributed by atoms with Crippen molar-refractivity contribution in [2.75, 3.05) is 54.1 Å². The second-order valence-electron chi connectivity index (χ2n) is 15.3. The molecule has 2 atom stereocenters. The first-order valence-electron chi connectivity index (χ1n) is 21.5. The average Bonchev–Trinajstić information content (AvgIpc) is 3.12. The van der Waals surface area contributed by atoms with Gasteiger partial charge in [0.15, 0.2) is 0 Å². The number of phosphoric acid groups is 1. The molecule has 0 amide bonds. The van der Waals surface area contributed by atoms with Gasteiger partial charge in [0.1, 0.15) is 19.3 Å². The smallest absolute Gasteiger partial charge is 0.306 e. The molecule has 8 nitrogen and oxygen atoms in total. The molecule has 0 rings (SSSR count). The lowest BCUT2D eigenvalue weighted by Crippen LogP contribution is -2.37. The summed E-state index contributed by atoms with van der Waals surface area (Å²) in [6, 6.07) is 0. The van der Waals surface area contributed by atoms with Crippen LogP contribution in [0.25, 0.3) is 0 Å². The number of quaternary nitrogens is 1. The number of allylic oxidation sites excluding steroid dienone is 10. The van der Waals surface area contributed by atoms with Crippen LogP contribution in [0.4, 0.5) is 0 Å². The summed E-state index contributed by atoms with van der Waals surface area (Å²) in [6.45, 7) is 5.18. The Bertz CT molecular complexity index is 1050. The van der Waals surface area contributed by atoms with E-state index < -0.39 is 19.9 Å². The van der Waals surface area contributed by atoms with Crippen LogP contribution < -0.4 is 4.89 Å². The summed E-state index contributed by atoms with van der Waals surface area (Å²) in [4.78, 5) is 25.0. The largest absolute Gasteiger partial charge is 0.756 e. The van der Waals surface area contributed by atoms with Crippen LogP contribution in [0.1, 0.15) is 162 Å². The van der Waals surface area contributed by atoms with Crippen LogP contribution in [0.2, 0.25) is 0 Å². The zero-order valence-electron chi connectivity index (χ0n) is 35.4. The maximum Gasteiger partial charge on any atom is 0.306 e. The van der Waals surface area contributed by atoms with Crippen molar-refractivity contribution in [2.45, 2.75) is 168 Å². The average molecular weight is 780 g/mol. The Hall–Kier alpha value is -1.80. The monoisotopic (exact) mass is 780 g/mol. The van der Waals surface area contributed by atoms with Gasteiger partial charge in [0.2, 0.25) is 0 Å². The summed E-state index contributed by atoms with van der Waals surface area (Å²) in [7, 11) is 1.30. The molecule has 0 spiro atoms. The number of ether oxygens (including phenoxy) is 2. The number of esters is 1. The summed E-state index contributed by atoms with van der Waals surface area (Å²) >= 11 is 0. The minimum Gasteiger partial charge on any atom is -0.756 e. The molecule has 0 aliphatic carbocycles. The molecule has 0 saturated heterocycles. The number of hydrogen-bond acceptors (Lipinski definition) is 7. The van der Waals surface area contributed by atoms with Gasteiger partial charge >= 0.3 is 5.97 Å². The minimum absolute atomic E-state index is 0.0108. The molecule has 0 saturated carbocycles. The normalized spacial score (nSPS) is 14.4. The van der Waals surface area contributed by atoms with Crippen LogP contribution in [-0.4, -0.2) is 70.7 Å². The van der Waals surface area contributed by atoms with E-state index in [1.165, 1.54) is 96.3 Å². The molecular weight excluding hydrogens is 697 g/mol.